The van der Waals surface area contributed by atoms with Gasteiger partial charge in [0.05, 0.1) is 4.83 Å². The molecule has 21 heavy (non-hydrogen) atoms. The number of hydrogen-bond donors (Lipinski definition) is 1. The molecule has 3 heteroatoms. The Labute approximate surface area is 133 Å². The van der Waals surface area contributed by atoms with Crippen LogP contribution in [0.4, 0.5) is 0 Å². The van der Waals surface area contributed by atoms with Crippen molar-refractivity contribution in [2.24, 2.45) is 0 Å². The van der Waals surface area contributed by atoms with Crippen molar-refractivity contribution in [3.05, 3.63) is 70.3 Å². The fourth-order valence-corrected chi connectivity index (χ4v) is 3.29. The van der Waals surface area contributed by atoms with Gasteiger partial charge >= 0.3 is 0 Å². The summed E-state index contributed by atoms with van der Waals surface area (Å²) in [6, 6.07) is 14.8. The topological polar surface area (TPSA) is 29.1 Å². The van der Waals surface area contributed by atoms with E-state index in [1.165, 1.54) is 11.1 Å². The van der Waals surface area contributed by atoms with Gasteiger partial charge in [-0.05, 0) is 41.2 Å². The number of amides is 1. The van der Waals surface area contributed by atoms with Crippen molar-refractivity contribution in [1.82, 2.24) is 5.32 Å². The molecule has 0 aromatic heterocycles. The van der Waals surface area contributed by atoms with Gasteiger partial charge in [0.25, 0.3) is 5.91 Å². The van der Waals surface area contributed by atoms with Gasteiger partial charge in [0.1, 0.15) is 0 Å². The number of alkyl halides is 1. The number of benzene rings is 2. The highest BCUT2D eigenvalue weighted by atomic mass is 79.9. The van der Waals surface area contributed by atoms with Crippen LogP contribution >= 0.6 is 15.9 Å². The maximum atomic E-state index is 12.0. The lowest BCUT2D eigenvalue weighted by Crippen LogP contribution is -2.31. The molecule has 0 bridgehead atoms. The van der Waals surface area contributed by atoms with E-state index in [-0.39, 0.29) is 10.7 Å². The fraction of sp³-hybridized carbons (Fsp3) is 0.278. The second-order valence-electron chi connectivity index (χ2n) is 5.38. The first kappa shape index (κ1) is 14.3. The number of rotatable bonds is 3. The molecular formula is C18H18BrNO. The maximum Gasteiger partial charge on any atom is 0.251 e. The number of fused-ring (bicyclic) bond motifs is 1. The summed E-state index contributed by atoms with van der Waals surface area (Å²) in [5.74, 6) is 0.0409. The predicted octanol–water partition coefficient (Wildman–Crippen LogP) is 4.02. The number of halogens is 1. The number of carbonyl (C=O) groups is 1. The highest BCUT2D eigenvalue weighted by Crippen LogP contribution is 2.32. The largest absolute Gasteiger partial charge is 0.352 e. The minimum absolute atomic E-state index is 0.0409. The van der Waals surface area contributed by atoms with Gasteiger partial charge in [-0.3, -0.25) is 4.79 Å². The lowest BCUT2D eigenvalue weighted by molar-refractivity contribution is 0.0946. The van der Waals surface area contributed by atoms with Gasteiger partial charge < -0.3 is 5.32 Å². The van der Waals surface area contributed by atoms with Crippen LogP contribution in [0.2, 0.25) is 0 Å². The number of nitrogens with one attached hydrogen (secondary N) is 1. The van der Waals surface area contributed by atoms with Crippen molar-refractivity contribution in [2.75, 3.05) is 6.54 Å². The number of carbonyl (C=O) groups excluding carboxylic acids is 1. The highest BCUT2D eigenvalue weighted by molar-refractivity contribution is 9.09. The van der Waals surface area contributed by atoms with E-state index in [1.54, 1.807) is 0 Å². The minimum atomic E-state index is 0.0409. The number of hydrogen-bond acceptors (Lipinski definition) is 1. The van der Waals surface area contributed by atoms with Crippen molar-refractivity contribution in [1.29, 1.82) is 0 Å². The van der Waals surface area contributed by atoms with E-state index in [0.29, 0.717) is 0 Å². The van der Waals surface area contributed by atoms with Crippen LogP contribution in [-0.2, 0) is 12.8 Å². The van der Waals surface area contributed by atoms with Crippen LogP contribution in [-0.4, -0.2) is 12.5 Å². The van der Waals surface area contributed by atoms with E-state index in [2.05, 4.69) is 64.6 Å². The van der Waals surface area contributed by atoms with Gasteiger partial charge in [-0.15, -0.1) is 0 Å². The Bertz CT molecular complexity index is 663. The summed E-state index contributed by atoms with van der Waals surface area (Å²) >= 11 is 3.76. The lowest BCUT2D eigenvalue weighted by Gasteiger charge is -2.19. The molecule has 1 amide bonds. The van der Waals surface area contributed by atoms with Gasteiger partial charge in [-0.25, -0.2) is 0 Å². The average molecular weight is 344 g/mol. The number of aryl methyl sites for hydroxylation is 1. The molecule has 2 nitrogen and oxygen atoms in total. The van der Waals surface area contributed by atoms with Crippen LogP contribution in [0.3, 0.4) is 0 Å². The second kappa shape index (κ2) is 6.02. The molecule has 0 saturated heterocycles. The summed E-state index contributed by atoms with van der Waals surface area (Å²) in [6.07, 6.45) is 1.96. The molecule has 1 aliphatic heterocycles. The maximum absolute atomic E-state index is 12.0. The molecule has 0 aliphatic carbocycles. The SMILES string of the molecule is CCc1ccc(C(Br)c2ccc3c(c2)C(=O)NCC3)cc1. The molecule has 108 valence electrons. The molecule has 0 radical (unpaired) electrons. The highest BCUT2D eigenvalue weighted by Gasteiger charge is 2.19. The zero-order valence-electron chi connectivity index (χ0n) is 12.0. The summed E-state index contributed by atoms with van der Waals surface area (Å²) in [6.45, 7) is 2.89. The van der Waals surface area contributed by atoms with Crippen LogP contribution < -0.4 is 5.32 Å². The average Bonchev–Trinajstić information content (AvgIpc) is 2.54. The summed E-state index contributed by atoms with van der Waals surface area (Å²) in [5.41, 5.74) is 5.62. The summed E-state index contributed by atoms with van der Waals surface area (Å²) in [5, 5.41) is 2.90. The Kier molecular flexibility index (Phi) is 4.11. The van der Waals surface area contributed by atoms with Gasteiger partial charge in [-0.2, -0.15) is 0 Å². The molecule has 0 spiro atoms. The molecule has 1 N–H and O–H groups in total. The van der Waals surface area contributed by atoms with Crippen molar-refractivity contribution < 1.29 is 4.79 Å². The van der Waals surface area contributed by atoms with Crippen LogP contribution in [0, 0.1) is 0 Å². The molecule has 0 saturated carbocycles. The molecule has 2 aromatic rings. The van der Waals surface area contributed by atoms with Crippen molar-refractivity contribution in [3.8, 4) is 0 Å². The zero-order valence-corrected chi connectivity index (χ0v) is 13.6. The smallest absolute Gasteiger partial charge is 0.251 e. The first-order valence-corrected chi connectivity index (χ1v) is 8.24. The lowest BCUT2D eigenvalue weighted by atomic mass is 9.95. The van der Waals surface area contributed by atoms with Gasteiger partial charge in [-0.1, -0.05) is 59.3 Å². The molecule has 3 rings (SSSR count). The monoisotopic (exact) mass is 343 g/mol. The van der Waals surface area contributed by atoms with E-state index in [9.17, 15) is 4.79 Å². The van der Waals surface area contributed by atoms with Crippen molar-refractivity contribution >= 4 is 21.8 Å². The first-order valence-electron chi connectivity index (χ1n) is 7.33. The molecule has 1 aliphatic rings. The summed E-state index contributed by atoms with van der Waals surface area (Å²) in [7, 11) is 0. The van der Waals surface area contributed by atoms with E-state index in [0.717, 1.165) is 36.1 Å². The Morgan fingerprint density at radius 2 is 1.86 bits per heavy atom. The third-order valence-corrected chi connectivity index (χ3v) is 5.09. The van der Waals surface area contributed by atoms with E-state index in [1.807, 2.05) is 6.07 Å². The second-order valence-corrected chi connectivity index (χ2v) is 6.30. The molecular weight excluding hydrogens is 326 g/mol. The van der Waals surface area contributed by atoms with E-state index >= 15 is 0 Å². The summed E-state index contributed by atoms with van der Waals surface area (Å²) in [4.78, 5) is 12.1. The Morgan fingerprint density at radius 1 is 1.14 bits per heavy atom. The normalized spacial score (nSPS) is 15.2. The molecule has 1 atom stereocenters. The van der Waals surface area contributed by atoms with Gasteiger partial charge in [0.15, 0.2) is 0 Å². The van der Waals surface area contributed by atoms with Crippen LogP contribution in [0.25, 0.3) is 0 Å². The Balaban J connectivity index is 1.92. The Hall–Kier alpha value is -1.61. The minimum Gasteiger partial charge on any atom is -0.352 e. The quantitative estimate of drug-likeness (QED) is 0.838. The molecule has 2 aromatic carbocycles. The van der Waals surface area contributed by atoms with Gasteiger partial charge in [0.2, 0.25) is 0 Å². The standard InChI is InChI=1S/C18H18BrNO/c1-2-12-3-5-14(6-4-12)17(19)15-8-7-13-9-10-20-18(21)16(13)11-15/h3-8,11,17H,2,9-10H2,1H3,(H,20,21). The van der Waals surface area contributed by atoms with Crippen molar-refractivity contribution in [2.45, 2.75) is 24.6 Å². The first-order chi connectivity index (χ1) is 10.2. The van der Waals surface area contributed by atoms with Crippen LogP contribution in [0.5, 0.6) is 0 Å². The van der Waals surface area contributed by atoms with Crippen molar-refractivity contribution in [3.63, 3.8) is 0 Å². The Morgan fingerprint density at radius 3 is 2.57 bits per heavy atom. The fourth-order valence-electron chi connectivity index (χ4n) is 2.70. The predicted molar refractivity (Wildman–Crippen MR) is 89.1 cm³/mol. The van der Waals surface area contributed by atoms with Gasteiger partial charge in [0, 0.05) is 12.1 Å². The summed E-state index contributed by atoms with van der Waals surface area (Å²) < 4.78 is 0. The van der Waals surface area contributed by atoms with E-state index < -0.39 is 0 Å². The zero-order chi connectivity index (χ0) is 14.8. The molecule has 1 unspecified atom stereocenters. The van der Waals surface area contributed by atoms with E-state index in [4.69, 9.17) is 0 Å². The molecule has 1 heterocycles. The van der Waals surface area contributed by atoms with Crippen LogP contribution in [0.1, 0.15) is 44.4 Å². The van der Waals surface area contributed by atoms with Crippen LogP contribution in [0.15, 0.2) is 42.5 Å². The molecule has 0 fully saturated rings. The third kappa shape index (κ3) is 2.88. The third-order valence-electron chi connectivity index (χ3n) is 4.03.